The molecule has 0 unspecified atom stereocenters. The van der Waals surface area contributed by atoms with Crippen molar-refractivity contribution in [2.75, 3.05) is 13.1 Å². The summed E-state index contributed by atoms with van der Waals surface area (Å²) in [6, 6.07) is 0. The molecule has 1 aromatic rings. The fourth-order valence-corrected chi connectivity index (χ4v) is 2.42. The number of hydrogen-bond acceptors (Lipinski definition) is 3. The van der Waals surface area contributed by atoms with Crippen LogP contribution in [0.5, 0.6) is 0 Å². The molecule has 1 aliphatic rings. The minimum Gasteiger partial charge on any atom is -0.316 e. The van der Waals surface area contributed by atoms with Crippen LogP contribution in [-0.4, -0.2) is 18.1 Å². The molecule has 1 aliphatic heterocycles. The van der Waals surface area contributed by atoms with Gasteiger partial charge in [0.05, 0.1) is 10.7 Å². The van der Waals surface area contributed by atoms with E-state index in [1.807, 2.05) is 11.3 Å². The van der Waals surface area contributed by atoms with Crippen molar-refractivity contribution in [3.05, 3.63) is 15.6 Å². The number of hydrogen-bond donors (Lipinski definition) is 1. The normalized spacial score (nSPS) is 17.5. The van der Waals surface area contributed by atoms with Gasteiger partial charge in [0.15, 0.2) is 0 Å². The molecule has 0 saturated heterocycles. The molecule has 60 valence electrons. The highest BCUT2D eigenvalue weighted by molar-refractivity contribution is 7.11. The standard InChI is InChI=1S/C8H12N2S/c1-6-10-7-2-4-9-5-3-8(7)11-6/h9H,2-5H2,1H3. The number of nitrogens with one attached hydrogen (secondary N) is 1. The molecule has 1 N–H and O–H groups in total. The largest absolute Gasteiger partial charge is 0.316 e. The topological polar surface area (TPSA) is 24.9 Å². The van der Waals surface area contributed by atoms with Crippen LogP contribution in [-0.2, 0) is 12.8 Å². The van der Waals surface area contributed by atoms with Crippen molar-refractivity contribution in [3.63, 3.8) is 0 Å². The number of rotatable bonds is 0. The van der Waals surface area contributed by atoms with Gasteiger partial charge in [-0.15, -0.1) is 11.3 Å². The van der Waals surface area contributed by atoms with E-state index in [-0.39, 0.29) is 0 Å². The van der Waals surface area contributed by atoms with Crippen LogP contribution >= 0.6 is 11.3 Å². The first kappa shape index (κ1) is 7.25. The van der Waals surface area contributed by atoms with Crippen molar-refractivity contribution in [2.24, 2.45) is 0 Å². The van der Waals surface area contributed by atoms with Gasteiger partial charge in [-0.05, 0) is 13.3 Å². The Morgan fingerprint density at radius 2 is 2.18 bits per heavy atom. The Kier molecular flexibility index (Phi) is 1.92. The fourth-order valence-electron chi connectivity index (χ4n) is 1.44. The second kappa shape index (κ2) is 2.91. The lowest BCUT2D eigenvalue weighted by atomic mass is 10.2. The van der Waals surface area contributed by atoms with E-state index in [1.165, 1.54) is 22.0 Å². The zero-order chi connectivity index (χ0) is 7.68. The number of thiazole rings is 1. The van der Waals surface area contributed by atoms with Crippen LogP contribution in [0.4, 0.5) is 0 Å². The van der Waals surface area contributed by atoms with Crippen LogP contribution in [0.2, 0.25) is 0 Å². The third kappa shape index (κ3) is 1.44. The van der Waals surface area contributed by atoms with Crippen molar-refractivity contribution in [1.29, 1.82) is 0 Å². The summed E-state index contributed by atoms with van der Waals surface area (Å²) in [5.41, 5.74) is 1.33. The summed E-state index contributed by atoms with van der Waals surface area (Å²) in [4.78, 5) is 5.98. The maximum atomic E-state index is 4.49. The molecule has 0 bridgehead atoms. The Balaban J connectivity index is 2.32. The average molecular weight is 168 g/mol. The molecule has 0 spiro atoms. The van der Waals surface area contributed by atoms with Gasteiger partial charge in [0.2, 0.25) is 0 Å². The second-order valence-electron chi connectivity index (χ2n) is 2.85. The quantitative estimate of drug-likeness (QED) is 0.628. The molecule has 2 nitrogen and oxygen atoms in total. The molecule has 0 radical (unpaired) electrons. The molecule has 1 aromatic heterocycles. The Hall–Kier alpha value is -0.410. The van der Waals surface area contributed by atoms with Gasteiger partial charge in [0.25, 0.3) is 0 Å². The summed E-state index contributed by atoms with van der Waals surface area (Å²) in [6.45, 7) is 4.30. The van der Waals surface area contributed by atoms with E-state index in [4.69, 9.17) is 0 Å². The van der Waals surface area contributed by atoms with E-state index >= 15 is 0 Å². The number of aromatic nitrogens is 1. The van der Waals surface area contributed by atoms with Crippen molar-refractivity contribution < 1.29 is 0 Å². The zero-order valence-electron chi connectivity index (χ0n) is 6.68. The molecule has 2 rings (SSSR count). The van der Waals surface area contributed by atoms with Crippen molar-refractivity contribution >= 4 is 11.3 Å². The summed E-state index contributed by atoms with van der Waals surface area (Å²) >= 11 is 1.85. The molecule has 0 fully saturated rings. The third-order valence-corrected chi connectivity index (χ3v) is 3.03. The minimum atomic E-state index is 1.09. The lowest BCUT2D eigenvalue weighted by molar-refractivity contribution is 0.708. The lowest BCUT2D eigenvalue weighted by Gasteiger charge is -1.93. The van der Waals surface area contributed by atoms with Gasteiger partial charge in [-0.2, -0.15) is 0 Å². The van der Waals surface area contributed by atoms with Crippen molar-refractivity contribution in [2.45, 2.75) is 19.8 Å². The molecule has 0 amide bonds. The molecule has 0 atom stereocenters. The van der Waals surface area contributed by atoms with Gasteiger partial charge in [-0.3, -0.25) is 0 Å². The molecule has 2 heterocycles. The van der Waals surface area contributed by atoms with Gasteiger partial charge in [-0.25, -0.2) is 4.98 Å². The number of aryl methyl sites for hydroxylation is 1. The minimum absolute atomic E-state index is 1.09. The Morgan fingerprint density at radius 1 is 1.36 bits per heavy atom. The molecular weight excluding hydrogens is 156 g/mol. The molecule has 0 saturated carbocycles. The number of fused-ring (bicyclic) bond motifs is 1. The van der Waals surface area contributed by atoms with Gasteiger partial charge < -0.3 is 5.32 Å². The molecule has 11 heavy (non-hydrogen) atoms. The first-order valence-corrected chi connectivity index (χ1v) is 4.84. The van der Waals surface area contributed by atoms with Crippen molar-refractivity contribution in [1.82, 2.24) is 10.3 Å². The highest BCUT2D eigenvalue weighted by atomic mass is 32.1. The summed E-state index contributed by atoms with van der Waals surface area (Å²) in [7, 11) is 0. The summed E-state index contributed by atoms with van der Waals surface area (Å²) < 4.78 is 0. The number of nitrogens with zero attached hydrogens (tertiary/aromatic N) is 1. The molecule has 3 heteroatoms. The molecular formula is C8H12N2S. The van der Waals surface area contributed by atoms with Gasteiger partial charge in [0.1, 0.15) is 0 Å². The van der Waals surface area contributed by atoms with E-state index in [1.54, 1.807) is 0 Å². The Labute approximate surface area is 70.7 Å². The first-order chi connectivity index (χ1) is 5.36. The highest BCUT2D eigenvalue weighted by Gasteiger charge is 2.10. The van der Waals surface area contributed by atoms with Crippen LogP contribution < -0.4 is 5.32 Å². The van der Waals surface area contributed by atoms with Crippen LogP contribution in [0.3, 0.4) is 0 Å². The Bertz CT molecular complexity index is 231. The molecule has 0 aromatic carbocycles. The van der Waals surface area contributed by atoms with Crippen LogP contribution in [0.15, 0.2) is 0 Å². The van der Waals surface area contributed by atoms with E-state index in [2.05, 4.69) is 17.2 Å². The van der Waals surface area contributed by atoms with E-state index in [0.717, 1.165) is 19.5 Å². The Morgan fingerprint density at radius 3 is 3.09 bits per heavy atom. The average Bonchev–Trinajstić information content (AvgIpc) is 2.17. The highest BCUT2D eigenvalue weighted by Crippen LogP contribution is 2.19. The lowest BCUT2D eigenvalue weighted by Crippen LogP contribution is -2.16. The van der Waals surface area contributed by atoms with E-state index < -0.39 is 0 Å². The van der Waals surface area contributed by atoms with Crippen molar-refractivity contribution in [3.8, 4) is 0 Å². The van der Waals surface area contributed by atoms with Crippen LogP contribution in [0, 0.1) is 6.92 Å². The van der Waals surface area contributed by atoms with Crippen LogP contribution in [0.25, 0.3) is 0 Å². The van der Waals surface area contributed by atoms with Gasteiger partial charge in [0, 0.05) is 24.4 Å². The SMILES string of the molecule is Cc1nc2c(s1)CCNCC2. The second-order valence-corrected chi connectivity index (χ2v) is 4.14. The first-order valence-electron chi connectivity index (χ1n) is 4.02. The summed E-state index contributed by atoms with van der Waals surface area (Å²) in [5.74, 6) is 0. The van der Waals surface area contributed by atoms with Crippen LogP contribution in [0.1, 0.15) is 15.6 Å². The molecule has 0 aliphatic carbocycles. The third-order valence-electron chi connectivity index (χ3n) is 1.95. The van der Waals surface area contributed by atoms with E-state index in [0.29, 0.717) is 0 Å². The smallest absolute Gasteiger partial charge is 0.0900 e. The van der Waals surface area contributed by atoms with Gasteiger partial charge >= 0.3 is 0 Å². The summed E-state index contributed by atoms with van der Waals surface area (Å²) in [6.07, 6.45) is 2.28. The summed E-state index contributed by atoms with van der Waals surface area (Å²) in [5, 5.41) is 4.59. The maximum Gasteiger partial charge on any atom is 0.0900 e. The predicted octanol–water partition coefficient (Wildman–Crippen LogP) is 1.14. The monoisotopic (exact) mass is 168 g/mol. The maximum absolute atomic E-state index is 4.49. The predicted molar refractivity (Wildman–Crippen MR) is 47.1 cm³/mol. The zero-order valence-corrected chi connectivity index (χ0v) is 7.50. The van der Waals surface area contributed by atoms with Gasteiger partial charge in [-0.1, -0.05) is 0 Å². The van der Waals surface area contributed by atoms with E-state index in [9.17, 15) is 0 Å². The fraction of sp³-hybridized carbons (Fsp3) is 0.625.